The van der Waals surface area contributed by atoms with Crippen molar-refractivity contribution in [3.63, 3.8) is 0 Å². The lowest BCUT2D eigenvalue weighted by Gasteiger charge is -2.35. The third-order valence-corrected chi connectivity index (χ3v) is 4.36. The summed E-state index contributed by atoms with van der Waals surface area (Å²) < 4.78 is 4.91. The molecule has 1 rings (SSSR count). The number of nitrogens with one attached hydrogen (secondary N) is 1. The predicted octanol–water partition coefficient (Wildman–Crippen LogP) is 1.28. The van der Waals surface area contributed by atoms with Gasteiger partial charge in [0.2, 0.25) is 5.91 Å². The molecule has 0 heterocycles. The SMILES string of the molecule is COCCCC(NC(=O)CC1(CN)CCCCC1)C(=O)O. The van der Waals surface area contributed by atoms with Crippen LogP contribution in [0.3, 0.4) is 0 Å². The zero-order valence-electron chi connectivity index (χ0n) is 12.9. The number of rotatable bonds is 9. The minimum Gasteiger partial charge on any atom is -0.480 e. The van der Waals surface area contributed by atoms with Crippen molar-refractivity contribution in [1.29, 1.82) is 0 Å². The van der Waals surface area contributed by atoms with Crippen LogP contribution in [0.4, 0.5) is 0 Å². The van der Waals surface area contributed by atoms with Crippen LogP contribution in [0.15, 0.2) is 0 Å². The number of aliphatic carboxylic acids is 1. The number of nitrogens with two attached hydrogens (primary N) is 1. The first-order chi connectivity index (χ1) is 10.0. The summed E-state index contributed by atoms with van der Waals surface area (Å²) in [6.45, 7) is 0.980. The van der Waals surface area contributed by atoms with Gasteiger partial charge < -0.3 is 20.9 Å². The maximum absolute atomic E-state index is 12.2. The lowest BCUT2D eigenvalue weighted by atomic mass is 9.71. The Morgan fingerprint density at radius 3 is 2.52 bits per heavy atom. The fourth-order valence-corrected chi connectivity index (χ4v) is 3.03. The monoisotopic (exact) mass is 300 g/mol. The number of hydrogen-bond donors (Lipinski definition) is 3. The molecule has 0 aromatic heterocycles. The molecule has 0 spiro atoms. The number of carboxylic acid groups (broad SMARTS) is 1. The molecule has 4 N–H and O–H groups in total. The van der Waals surface area contributed by atoms with E-state index in [1.165, 1.54) is 6.42 Å². The number of carbonyl (C=O) groups is 2. The molecule has 0 aromatic rings. The van der Waals surface area contributed by atoms with Crippen molar-refractivity contribution in [1.82, 2.24) is 5.32 Å². The van der Waals surface area contributed by atoms with Crippen LogP contribution in [0.1, 0.15) is 51.4 Å². The maximum atomic E-state index is 12.2. The fourth-order valence-electron chi connectivity index (χ4n) is 3.03. The second-order valence-corrected chi connectivity index (χ2v) is 6.03. The van der Waals surface area contributed by atoms with Crippen LogP contribution in [0.25, 0.3) is 0 Å². The van der Waals surface area contributed by atoms with Gasteiger partial charge in [-0.05, 0) is 37.6 Å². The van der Waals surface area contributed by atoms with Crippen molar-refractivity contribution in [2.45, 2.75) is 57.4 Å². The number of amides is 1. The van der Waals surface area contributed by atoms with Gasteiger partial charge in [0, 0.05) is 20.1 Å². The molecule has 6 heteroatoms. The van der Waals surface area contributed by atoms with Crippen molar-refractivity contribution in [3.8, 4) is 0 Å². The topological polar surface area (TPSA) is 102 Å². The molecule has 1 aliphatic carbocycles. The quantitative estimate of drug-likeness (QED) is 0.557. The van der Waals surface area contributed by atoms with E-state index in [9.17, 15) is 9.59 Å². The first kappa shape index (κ1) is 17.9. The summed E-state index contributed by atoms with van der Waals surface area (Å²) in [5.74, 6) is -1.20. The van der Waals surface area contributed by atoms with Gasteiger partial charge in [0.05, 0.1) is 0 Å². The molecule has 0 saturated heterocycles. The molecule has 1 saturated carbocycles. The average molecular weight is 300 g/mol. The normalized spacial score (nSPS) is 19.0. The minimum atomic E-state index is -0.995. The molecule has 6 nitrogen and oxygen atoms in total. The number of hydrogen-bond acceptors (Lipinski definition) is 4. The maximum Gasteiger partial charge on any atom is 0.326 e. The molecule has 0 aliphatic heterocycles. The highest BCUT2D eigenvalue weighted by Crippen LogP contribution is 2.38. The molecular formula is C15H28N2O4. The molecule has 0 radical (unpaired) electrons. The summed E-state index contributed by atoms with van der Waals surface area (Å²) in [5, 5.41) is 11.8. The van der Waals surface area contributed by atoms with Gasteiger partial charge in [-0.3, -0.25) is 4.79 Å². The Bertz CT molecular complexity index is 341. The van der Waals surface area contributed by atoms with Gasteiger partial charge >= 0.3 is 5.97 Å². The summed E-state index contributed by atoms with van der Waals surface area (Å²) in [6.07, 6.45) is 6.62. The van der Waals surface area contributed by atoms with Crippen LogP contribution in [-0.4, -0.2) is 43.3 Å². The number of ether oxygens (including phenoxy) is 1. The standard InChI is InChI=1S/C15H28N2O4/c1-21-9-5-6-12(14(19)20)17-13(18)10-15(11-16)7-3-2-4-8-15/h12H,2-11,16H2,1H3,(H,17,18)(H,19,20). The second kappa shape index (κ2) is 9.00. The third kappa shape index (κ3) is 6.01. The summed E-state index contributed by atoms with van der Waals surface area (Å²) in [7, 11) is 1.57. The second-order valence-electron chi connectivity index (χ2n) is 6.03. The first-order valence-corrected chi connectivity index (χ1v) is 7.74. The zero-order valence-corrected chi connectivity index (χ0v) is 12.9. The van der Waals surface area contributed by atoms with Crippen molar-refractivity contribution in [3.05, 3.63) is 0 Å². The Kier molecular flexibility index (Phi) is 7.67. The van der Waals surface area contributed by atoms with Gasteiger partial charge in [-0.2, -0.15) is 0 Å². The van der Waals surface area contributed by atoms with Crippen molar-refractivity contribution in [2.75, 3.05) is 20.3 Å². The van der Waals surface area contributed by atoms with E-state index < -0.39 is 12.0 Å². The molecule has 1 aliphatic rings. The lowest BCUT2D eigenvalue weighted by molar-refractivity contribution is -0.142. The van der Waals surface area contributed by atoms with Gasteiger partial charge in [-0.1, -0.05) is 19.3 Å². The van der Waals surface area contributed by atoms with E-state index in [4.69, 9.17) is 15.6 Å². The molecule has 0 bridgehead atoms. The Morgan fingerprint density at radius 2 is 2.00 bits per heavy atom. The van der Waals surface area contributed by atoms with E-state index in [0.717, 1.165) is 25.7 Å². The highest BCUT2D eigenvalue weighted by atomic mass is 16.5. The van der Waals surface area contributed by atoms with E-state index in [1.807, 2.05) is 0 Å². The summed E-state index contributed by atoms with van der Waals surface area (Å²) in [6, 6.07) is -0.842. The van der Waals surface area contributed by atoms with Crippen LogP contribution >= 0.6 is 0 Å². The number of carboxylic acids is 1. The lowest BCUT2D eigenvalue weighted by Crippen LogP contribution is -2.45. The van der Waals surface area contributed by atoms with E-state index in [2.05, 4.69) is 5.32 Å². The van der Waals surface area contributed by atoms with Crippen LogP contribution < -0.4 is 11.1 Å². The average Bonchev–Trinajstić information content (AvgIpc) is 2.47. The predicted molar refractivity (Wildman–Crippen MR) is 79.9 cm³/mol. The van der Waals surface area contributed by atoms with E-state index in [-0.39, 0.29) is 11.3 Å². The van der Waals surface area contributed by atoms with Crippen LogP contribution in [0.5, 0.6) is 0 Å². The van der Waals surface area contributed by atoms with E-state index in [1.54, 1.807) is 7.11 Å². The molecule has 1 atom stereocenters. The van der Waals surface area contributed by atoms with E-state index in [0.29, 0.717) is 32.4 Å². The smallest absolute Gasteiger partial charge is 0.326 e. The molecule has 1 amide bonds. The van der Waals surface area contributed by atoms with Crippen LogP contribution in [-0.2, 0) is 14.3 Å². The molecule has 0 aromatic carbocycles. The van der Waals surface area contributed by atoms with Crippen LogP contribution in [0.2, 0.25) is 0 Å². The Balaban J connectivity index is 2.50. The van der Waals surface area contributed by atoms with Gasteiger partial charge in [-0.15, -0.1) is 0 Å². The number of carbonyl (C=O) groups excluding carboxylic acids is 1. The first-order valence-electron chi connectivity index (χ1n) is 7.74. The summed E-state index contributed by atoms with van der Waals surface area (Å²) >= 11 is 0. The number of methoxy groups -OCH3 is 1. The van der Waals surface area contributed by atoms with Crippen molar-refractivity contribution in [2.24, 2.45) is 11.1 Å². The largest absolute Gasteiger partial charge is 0.480 e. The summed E-state index contributed by atoms with van der Waals surface area (Å²) in [5.41, 5.74) is 5.72. The Morgan fingerprint density at radius 1 is 1.33 bits per heavy atom. The van der Waals surface area contributed by atoms with Gasteiger partial charge in [0.15, 0.2) is 0 Å². The van der Waals surface area contributed by atoms with E-state index >= 15 is 0 Å². The minimum absolute atomic E-state index is 0.141. The highest BCUT2D eigenvalue weighted by molar-refractivity contribution is 5.83. The zero-order chi connectivity index (χ0) is 15.7. The molecule has 1 fully saturated rings. The van der Waals surface area contributed by atoms with Gasteiger partial charge in [-0.25, -0.2) is 4.79 Å². The van der Waals surface area contributed by atoms with Gasteiger partial charge in [0.25, 0.3) is 0 Å². The molecular weight excluding hydrogens is 272 g/mol. The van der Waals surface area contributed by atoms with Crippen molar-refractivity contribution < 1.29 is 19.4 Å². The molecule has 1 unspecified atom stereocenters. The fraction of sp³-hybridized carbons (Fsp3) is 0.867. The third-order valence-electron chi connectivity index (χ3n) is 4.36. The Hall–Kier alpha value is -1.14. The highest BCUT2D eigenvalue weighted by Gasteiger charge is 2.34. The Labute approximate surface area is 126 Å². The van der Waals surface area contributed by atoms with Gasteiger partial charge in [0.1, 0.15) is 6.04 Å². The van der Waals surface area contributed by atoms with Crippen molar-refractivity contribution >= 4 is 11.9 Å². The molecule has 122 valence electrons. The molecule has 21 heavy (non-hydrogen) atoms. The van der Waals surface area contributed by atoms with Crippen LogP contribution in [0, 0.1) is 5.41 Å². The summed E-state index contributed by atoms with van der Waals surface area (Å²) in [4.78, 5) is 23.4.